The predicted octanol–water partition coefficient (Wildman–Crippen LogP) is 4.58. The summed E-state index contributed by atoms with van der Waals surface area (Å²) in [5, 5.41) is 0. The molecule has 1 aliphatic heterocycles. The van der Waals surface area contributed by atoms with Gasteiger partial charge in [0.1, 0.15) is 11.6 Å². The molecule has 1 amide bonds. The normalized spacial score (nSPS) is 16.8. The molecule has 0 fully saturated rings. The molecule has 2 aromatic carbocycles. The Hall–Kier alpha value is -3.15. The Labute approximate surface area is 176 Å². The first kappa shape index (κ1) is 21.6. The Bertz CT molecular complexity index is 965. The summed E-state index contributed by atoms with van der Waals surface area (Å²) in [5.41, 5.74) is 2.41. The number of methoxy groups -OCH3 is 1. The van der Waals surface area contributed by atoms with Gasteiger partial charge in [-0.1, -0.05) is 24.3 Å². The SMILES string of the molecule is COc1ccc(CN2C(=O)CC(c3cccc(F)c3)C(C(=O)OC(C)C)=C2C)cc1. The minimum Gasteiger partial charge on any atom is -0.497 e. The maximum atomic E-state index is 13.8. The Kier molecular flexibility index (Phi) is 6.55. The first-order valence-electron chi connectivity index (χ1n) is 9.90. The number of ether oxygens (including phenoxy) is 2. The molecule has 30 heavy (non-hydrogen) atoms. The molecule has 1 aliphatic rings. The summed E-state index contributed by atoms with van der Waals surface area (Å²) in [6.07, 6.45) is -0.238. The molecule has 0 N–H and O–H groups in total. The van der Waals surface area contributed by atoms with Gasteiger partial charge in [-0.2, -0.15) is 0 Å². The summed E-state index contributed by atoms with van der Waals surface area (Å²) < 4.78 is 24.5. The number of amides is 1. The van der Waals surface area contributed by atoms with Crippen LogP contribution in [0.25, 0.3) is 0 Å². The molecule has 1 unspecified atom stereocenters. The predicted molar refractivity (Wildman–Crippen MR) is 111 cm³/mol. The zero-order valence-electron chi connectivity index (χ0n) is 17.6. The van der Waals surface area contributed by atoms with Crippen molar-refractivity contribution in [2.45, 2.75) is 45.8 Å². The fraction of sp³-hybridized carbons (Fsp3) is 0.333. The minimum absolute atomic E-state index is 0.0689. The number of carbonyl (C=O) groups excluding carboxylic acids is 2. The van der Waals surface area contributed by atoms with Gasteiger partial charge >= 0.3 is 5.97 Å². The van der Waals surface area contributed by atoms with Gasteiger partial charge in [-0.3, -0.25) is 4.79 Å². The average molecular weight is 411 g/mol. The lowest BCUT2D eigenvalue weighted by molar-refractivity contribution is -0.143. The van der Waals surface area contributed by atoms with Crippen molar-refractivity contribution in [3.05, 3.63) is 76.7 Å². The number of benzene rings is 2. The third kappa shape index (κ3) is 4.70. The lowest BCUT2D eigenvalue weighted by Gasteiger charge is -2.35. The highest BCUT2D eigenvalue weighted by molar-refractivity contribution is 5.96. The average Bonchev–Trinajstić information content (AvgIpc) is 2.70. The van der Waals surface area contributed by atoms with E-state index in [4.69, 9.17) is 9.47 Å². The fourth-order valence-corrected chi connectivity index (χ4v) is 3.67. The second-order valence-corrected chi connectivity index (χ2v) is 7.59. The van der Waals surface area contributed by atoms with E-state index in [1.807, 2.05) is 24.3 Å². The van der Waals surface area contributed by atoms with Crippen LogP contribution < -0.4 is 4.74 Å². The van der Waals surface area contributed by atoms with E-state index in [0.29, 0.717) is 23.4 Å². The Morgan fingerprint density at radius 2 is 1.90 bits per heavy atom. The van der Waals surface area contributed by atoms with E-state index in [-0.39, 0.29) is 18.4 Å². The van der Waals surface area contributed by atoms with E-state index in [1.165, 1.54) is 12.1 Å². The summed E-state index contributed by atoms with van der Waals surface area (Å²) in [4.78, 5) is 27.6. The quantitative estimate of drug-likeness (QED) is 0.653. The summed E-state index contributed by atoms with van der Waals surface area (Å²) in [6, 6.07) is 13.4. The minimum atomic E-state index is -0.549. The lowest BCUT2D eigenvalue weighted by atomic mass is 9.83. The molecule has 0 saturated heterocycles. The Morgan fingerprint density at radius 1 is 1.20 bits per heavy atom. The van der Waals surface area contributed by atoms with Crippen molar-refractivity contribution in [1.29, 1.82) is 0 Å². The fourth-order valence-electron chi connectivity index (χ4n) is 3.67. The molecule has 0 radical (unpaired) electrons. The number of halogens is 1. The topological polar surface area (TPSA) is 55.8 Å². The third-order valence-electron chi connectivity index (χ3n) is 5.14. The monoisotopic (exact) mass is 411 g/mol. The summed E-state index contributed by atoms with van der Waals surface area (Å²) in [5.74, 6) is -0.840. The van der Waals surface area contributed by atoms with Crippen molar-refractivity contribution in [1.82, 2.24) is 4.90 Å². The molecule has 5 nitrogen and oxygen atoms in total. The van der Waals surface area contributed by atoms with Crippen LogP contribution >= 0.6 is 0 Å². The van der Waals surface area contributed by atoms with E-state index >= 15 is 0 Å². The van der Waals surface area contributed by atoms with Gasteiger partial charge < -0.3 is 14.4 Å². The van der Waals surface area contributed by atoms with Crippen molar-refractivity contribution < 1.29 is 23.5 Å². The van der Waals surface area contributed by atoms with Crippen LogP contribution in [0.2, 0.25) is 0 Å². The zero-order chi connectivity index (χ0) is 21.8. The van der Waals surface area contributed by atoms with Crippen molar-refractivity contribution >= 4 is 11.9 Å². The number of carbonyl (C=O) groups is 2. The van der Waals surface area contributed by atoms with Gasteiger partial charge in [0, 0.05) is 18.0 Å². The second-order valence-electron chi connectivity index (χ2n) is 7.59. The highest BCUT2D eigenvalue weighted by Crippen LogP contribution is 2.38. The van der Waals surface area contributed by atoms with Crippen LogP contribution in [0.3, 0.4) is 0 Å². The molecule has 1 atom stereocenters. The number of allylic oxidation sites excluding steroid dienone is 1. The number of rotatable bonds is 6. The maximum Gasteiger partial charge on any atom is 0.336 e. The highest BCUT2D eigenvalue weighted by atomic mass is 19.1. The van der Waals surface area contributed by atoms with Crippen molar-refractivity contribution in [2.24, 2.45) is 0 Å². The van der Waals surface area contributed by atoms with Crippen LogP contribution in [0, 0.1) is 5.82 Å². The second kappa shape index (κ2) is 9.11. The number of hydrogen-bond donors (Lipinski definition) is 0. The smallest absolute Gasteiger partial charge is 0.336 e. The van der Waals surface area contributed by atoms with E-state index < -0.39 is 17.7 Å². The largest absolute Gasteiger partial charge is 0.497 e. The molecule has 1 heterocycles. The van der Waals surface area contributed by atoms with Gasteiger partial charge in [-0.25, -0.2) is 9.18 Å². The first-order valence-corrected chi connectivity index (χ1v) is 9.90. The molecule has 6 heteroatoms. The van der Waals surface area contributed by atoms with Gasteiger partial charge in [-0.15, -0.1) is 0 Å². The van der Waals surface area contributed by atoms with Gasteiger partial charge in [0.2, 0.25) is 5.91 Å². The molecule has 0 aliphatic carbocycles. The van der Waals surface area contributed by atoms with E-state index in [9.17, 15) is 14.0 Å². The first-order chi connectivity index (χ1) is 14.3. The third-order valence-corrected chi connectivity index (χ3v) is 5.14. The van der Waals surface area contributed by atoms with Crippen LogP contribution in [0.5, 0.6) is 5.75 Å². The summed E-state index contributed by atoms with van der Waals surface area (Å²) in [6.45, 7) is 5.61. The van der Waals surface area contributed by atoms with Crippen molar-refractivity contribution in [3.63, 3.8) is 0 Å². The Balaban J connectivity index is 2.00. The molecular formula is C24H26FNO4. The number of nitrogens with zero attached hydrogens (tertiary/aromatic N) is 1. The zero-order valence-corrected chi connectivity index (χ0v) is 17.6. The Morgan fingerprint density at radius 3 is 2.50 bits per heavy atom. The highest BCUT2D eigenvalue weighted by Gasteiger charge is 2.37. The molecule has 0 bridgehead atoms. The molecule has 2 aromatic rings. The van der Waals surface area contributed by atoms with Crippen LogP contribution in [-0.2, 0) is 20.9 Å². The van der Waals surface area contributed by atoms with E-state index in [0.717, 1.165) is 11.3 Å². The number of esters is 1. The molecule has 3 rings (SSSR count). The number of hydrogen-bond acceptors (Lipinski definition) is 4. The van der Waals surface area contributed by atoms with Crippen LogP contribution in [-0.4, -0.2) is 30.0 Å². The lowest BCUT2D eigenvalue weighted by Crippen LogP contribution is -2.38. The molecule has 0 saturated carbocycles. The molecule has 0 aromatic heterocycles. The molecule has 158 valence electrons. The molecular weight excluding hydrogens is 385 g/mol. The van der Waals surface area contributed by atoms with Crippen LogP contribution in [0.1, 0.15) is 44.2 Å². The molecule has 0 spiro atoms. The van der Waals surface area contributed by atoms with Crippen molar-refractivity contribution in [2.75, 3.05) is 7.11 Å². The van der Waals surface area contributed by atoms with E-state index in [1.54, 1.807) is 44.9 Å². The van der Waals surface area contributed by atoms with Crippen molar-refractivity contribution in [3.8, 4) is 5.75 Å². The van der Waals surface area contributed by atoms with E-state index in [2.05, 4.69) is 0 Å². The van der Waals surface area contributed by atoms with Gasteiger partial charge in [0.25, 0.3) is 0 Å². The summed E-state index contributed by atoms with van der Waals surface area (Å²) in [7, 11) is 1.59. The van der Waals surface area contributed by atoms with Crippen LogP contribution in [0.4, 0.5) is 4.39 Å². The maximum absolute atomic E-state index is 13.8. The summed E-state index contributed by atoms with van der Waals surface area (Å²) >= 11 is 0. The van der Waals surface area contributed by atoms with Crippen LogP contribution in [0.15, 0.2) is 59.8 Å². The van der Waals surface area contributed by atoms with Gasteiger partial charge in [-0.05, 0) is 56.2 Å². The van der Waals surface area contributed by atoms with Gasteiger partial charge in [0.15, 0.2) is 0 Å². The standard InChI is InChI=1S/C24H26FNO4/c1-15(2)30-24(28)23-16(3)26(14-17-8-10-20(29-4)11-9-17)22(27)13-21(23)18-6-5-7-19(25)12-18/h5-12,15,21H,13-14H2,1-4H3. The van der Waals surface area contributed by atoms with Gasteiger partial charge in [0.05, 0.1) is 25.3 Å².